The number of aromatic nitrogens is 1. The molecule has 1 aromatic heterocycles. The van der Waals surface area contributed by atoms with Crippen molar-refractivity contribution < 1.29 is 23.9 Å². The number of aryl methyl sites for hydroxylation is 1. The minimum absolute atomic E-state index is 0.0508. The summed E-state index contributed by atoms with van der Waals surface area (Å²) in [6.07, 6.45) is 0. The number of fused-ring (bicyclic) bond motifs is 4. The number of pyridine rings is 1. The first-order chi connectivity index (χ1) is 14.7. The minimum atomic E-state index is -1.96. The van der Waals surface area contributed by atoms with E-state index in [1.807, 2.05) is 0 Å². The number of carbonyl (C=O) groups excluding carboxylic acids is 3. The molecule has 1 spiro atoms. The number of amides is 2. The summed E-state index contributed by atoms with van der Waals surface area (Å²) in [6, 6.07) is 8.08. The smallest absolute Gasteiger partial charge is 0.340 e. The van der Waals surface area contributed by atoms with E-state index in [0.29, 0.717) is 16.9 Å². The van der Waals surface area contributed by atoms with Crippen LogP contribution in [0.5, 0.6) is 5.75 Å². The van der Waals surface area contributed by atoms with Crippen LogP contribution in [0.4, 0.5) is 5.69 Å². The summed E-state index contributed by atoms with van der Waals surface area (Å²) in [5, 5.41) is 0. The van der Waals surface area contributed by atoms with E-state index in [1.54, 1.807) is 37.3 Å². The lowest BCUT2D eigenvalue weighted by Crippen LogP contribution is -2.52. The van der Waals surface area contributed by atoms with Gasteiger partial charge in [0.15, 0.2) is 0 Å². The fourth-order valence-electron chi connectivity index (χ4n) is 4.30. The summed E-state index contributed by atoms with van der Waals surface area (Å²) >= 11 is 0. The molecule has 4 rings (SSSR count). The second kappa shape index (κ2) is 6.73. The van der Waals surface area contributed by atoms with Gasteiger partial charge in [0.25, 0.3) is 5.56 Å². The van der Waals surface area contributed by atoms with Gasteiger partial charge in [-0.2, -0.15) is 0 Å². The molecule has 3 heterocycles. The first-order valence-corrected chi connectivity index (χ1v) is 9.33. The van der Waals surface area contributed by atoms with Crippen molar-refractivity contribution in [1.29, 1.82) is 0 Å². The van der Waals surface area contributed by atoms with Gasteiger partial charge in [0.2, 0.25) is 17.7 Å². The quantitative estimate of drug-likeness (QED) is 0.634. The molecule has 0 saturated heterocycles. The highest BCUT2D eigenvalue weighted by Crippen LogP contribution is 2.54. The molecule has 0 aliphatic carbocycles. The van der Waals surface area contributed by atoms with Crippen molar-refractivity contribution >= 4 is 23.5 Å². The summed E-state index contributed by atoms with van der Waals surface area (Å²) in [7, 11) is 2.67. The van der Waals surface area contributed by atoms with Crippen LogP contribution in [0.2, 0.25) is 0 Å². The molecule has 31 heavy (non-hydrogen) atoms. The average Bonchev–Trinajstić information content (AvgIpc) is 2.95. The number of ether oxygens (including phenoxy) is 2. The van der Waals surface area contributed by atoms with Gasteiger partial charge in [-0.05, 0) is 13.0 Å². The molecular formula is C21H20N4O6. The molecule has 0 fully saturated rings. The lowest BCUT2D eigenvalue weighted by molar-refractivity contribution is -0.138. The number of primary amides is 1. The van der Waals surface area contributed by atoms with E-state index in [9.17, 15) is 19.2 Å². The average molecular weight is 424 g/mol. The van der Waals surface area contributed by atoms with Gasteiger partial charge >= 0.3 is 5.97 Å². The van der Waals surface area contributed by atoms with E-state index in [-0.39, 0.29) is 22.8 Å². The molecule has 1 aromatic carbocycles. The molecular weight excluding hydrogens is 404 g/mol. The Kier molecular flexibility index (Phi) is 4.38. The van der Waals surface area contributed by atoms with Gasteiger partial charge in [0, 0.05) is 30.1 Å². The zero-order chi connectivity index (χ0) is 22.7. The molecule has 0 unspecified atom stereocenters. The van der Waals surface area contributed by atoms with Crippen molar-refractivity contribution in [3.05, 3.63) is 69.0 Å². The number of nitrogens with zero attached hydrogens (tertiary/aromatic N) is 2. The summed E-state index contributed by atoms with van der Waals surface area (Å²) in [5.41, 5.74) is 9.76. The summed E-state index contributed by atoms with van der Waals surface area (Å²) in [5.74, 6) is -2.73. The van der Waals surface area contributed by atoms with Crippen molar-refractivity contribution in [2.75, 3.05) is 18.6 Å². The molecule has 0 radical (unpaired) electrons. The number of carbonyl (C=O) groups is 3. The normalized spacial score (nSPS) is 19.2. The number of hydrogen-bond acceptors (Lipinski definition) is 7. The van der Waals surface area contributed by atoms with Crippen LogP contribution in [-0.4, -0.2) is 36.0 Å². The molecule has 0 bridgehead atoms. The highest BCUT2D eigenvalue weighted by atomic mass is 16.5. The Labute approximate surface area is 176 Å². The van der Waals surface area contributed by atoms with Gasteiger partial charge in [0.05, 0.1) is 12.7 Å². The molecule has 0 saturated carbocycles. The van der Waals surface area contributed by atoms with Gasteiger partial charge < -0.3 is 30.4 Å². The lowest BCUT2D eigenvalue weighted by Gasteiger charge is -2.35. The van der Waals surface area contributed by atoms with Crippen molar-refractivity contribution in [2.24, 2.45) is 18.5 Å². The Morgan fingerprint density at radius 3 is 2.55 bits per heavy atom. The number of nitrogens with two attached hydrogens (primary N) is 2. The van der Waals surface area contributed by atoms with Crippen LogP contribution >= 0.6 is 0 Å². The Morgan fingerprint density at radius 2 is 1.90 bits per heavy atom. The van der Waals surface area contributed by atoms with Crippen LogP contribution in [0.3, 0.4) is 0 Å². The number of para-hydroxylation sites is 1. The highest BCUT2D eigenvalue weighted by molar-refractivity contribution is 6.19. The standard InChI is InChI=1S/C21H20N4O6/c1-10-8-13-15(18(27)24(10)2)21(16(17(23)31-13)19(28)30-3)11-6-4-5-7-12(11)25(20(21)29)9-14(22)26/h4-8H,9,23H2,1-3H3,(H2,22,26)/t21-/m1/s1. The molecule has 2 aliphatic heterocycles. The maximum atomic E-state index is 14.0. The van der Waals surface area contributed by atoms with Crippen LogP contribution in [0.25, 0.3) is 0 Å². The first kappa shape index (κ1) is 20.2. The third-order valence-electron chi connectivity index (χ3n) is 5.72. The zero-order valence-corrected chi connectivity index (χ0v) is 17.1. The molecule has 160 valence electrons. The molecule has 2 aromatic rings. The third kappa shape index (κ3) is 2.51. The van der Waals surface area contributed by atoms with E-state index in [4.69, 9.17) is 20.9 Å². The Balaban J connectivity index is 2.21. The van der Waals surface area contributed by atoms with Crippen LogP contribution in [0.1, 0.15) is 16.8 Å². The third-order valence-corrected chi connectivity index (χ3v) is 5.72. The number of rotatable bonds is 3. The highest BCUT2D eigenvalue weighted by Gasteiger charge is 2.62. The SMILES string of the molecule is COC(=O)C1=C(N)Oc2cc(C)n(C)c(=O)c2[C@@]12C(=O)N(CC(N)=O)c1ccccc12. The summed E-state index contributed by atoms with van der Waals surface area (Å²) in [4.78, 5) is 53.2. The van der Waals surface area contributed by atoms with Gasteiger partial charge in [-0.3, -0.25) is 14.4 Å². The Hall–Kier alpha value is -4.08. The predicted molar refractivity (Wildman–Crippen MR) is 109 cm³/mol. The van der Waals surface area contributed by atoms with Crippen molar-refractivity contribution in [3.63, 3.8) is 0 Å². The number of hydrogen-bond donors (Lipinski definition) is 2. The fraction of sp³-hybridized carbons (Fsp3) is 0.238. The molecule has 1 atom stereocenters. The second-order valence-corrected chi connectivity index (χ2v) is 7.35. The van der Waals surface area contributed by atoms with E-state index in [1.165, 1.54) is 11.6 Å². The number of methoxy groups -OCH3 is 1. The minimum Gasteiger partial charge on any atom is -0.465 e. The number of esters is 1. The Bertz CT molecular complexity index is 1260. The molecule has 10 heteroatoms. The van der Waals surface area contributed by atoms with Crippen LogP contribution in [0.15, 0.2) is 46.6 Å². The maximum absolute atomic E-state index is 14.0. The molecule has 4 N–H and O–H groups in total. The van der Waals surface area contributed by atoms with Crippen molar-refractivity contribution in [3.8, 4) is 5.75 Å². The topological polar surface area (TPSA) is 147 Å². The van der Waals surface area contributed by atoms with Gasteiger partial charge in [0.1, 0.15) is 23.3 Å². The molecule has 2 aliphatic rings. The van der Waals surface area contributed by atoms with Gasteiger partial charge in [-0.1, -0.05) is 18.2 Å². The zero-order valence-electron chi connectivity index (χ0n) is 17.1. The van der Waals surface area contributed by atoms with Crippen LogP contribution in [-0.2, 0) is 31.6 Å². The first-order valence-electron chi connectivity index (χ1n) is 9.33. The monoisotopic (exact) mass is 424 g/mol. The summed E-state index contributed by atoms with van der Waals surface area (Å²) in [6.45, 7) is 1.24. The van der Waals surface area contributed by atoms with Crippen molar-refractivity contribution in [1.82, 2.24) is 4.57 Å². The van der Waals surface area contributed by atoms with E-state index in [0.717, 1.165) is 12.0 Å². The Morgan fingerprint density at radius 1 is 1.23 bits per heavy atom. The second-order valence-electron chi connectivity index (χ2n) is 7.35. The van der Waals surface area contributed by atoms with E-state index in [2.05, 4.69) is 0 Å². The number of benzene rings is 1. The van der Waals surface area contributed by atoms with Crippen molar-refractivity contribution in [2.45, 2.75) is 12.3 Å². The van der Waals surface area contributed by atoms with Gasteiger partial charge in [-0.15, -0.1) is 0 Å². The lowest BCUT2D eigenvalue weighted by atomic mass is 9.68. The van der Waals surface area contributed by atoms with E-state index < -0.39 is 35.3 Å². The van der Waals surface area contributed by atoms with E-state index >= 15 is 0 Å². The summed E-state index contributed by atoms with van der Waals surface area (Å²) < 4.78 is 11.9. The number of anilines is 1. The van der Waals surface area contributed by atoms with Gasteiger partial charge in [-0.25, -0.2) is 4.79 Å². The van der Waals surface area contributed by atoms with Crippen LogP contribution < -0.4 is 26.7 Å². The fourth-order valence-corrected chi connectivity index (χ4v) is 4.30. The molecule has 10 nitrogen and oxygen atoms in total. The molecule has 2 amide bonds. The predicted octanol–water partition coefficient (Wildman–Crippen LogP) is -0.453. The maximum Gasteiger partial charge on any atom is 0.340 e. The largest absolute Gasteiger partial charge is 0.465 e. The van der Waals surface area contributed by atoms with Crippen LogP contribution in [0, 0.1) is 6.92 Å².